The van der Waals surface area contributed by atoms with Crippen molar-refractivity contribution < 1.29 is 9.13 Å². The van der Waals surface area contributed by atoms with Crippen LogP contribution in [-0.2, 0) is 11.3 Å². The Morgan fingerprint density at radius 3 is 2.67 bits per heavy atom. The molecule has 0 bridgehead atoms. The van der Waals surface area contributed by atoms with E-state index in [0.717, 1.165) is 5.56 Å². The molecular formula is C15H16FNO. The zero-order valence-corrected chi connectivity index (χ0v) is 10.3. The fourth-order valence-electron chi connectivity index (χ4n) is 1.74. The van der Waals surface area contributed by atoms with E-state index in [1.165, 1.54) is 6.07 Å². The highest BCUT2D eigenvalue weighted by Gasteiger charge is 2.08. The molecule has 0 aliphatic carbocycles. The number of ether oxygens (including phenoxy) is 1. The molecule has 2 aromatic rings. The first-order valence-corrected chi connectivity index (χ1v) is 5.87. The van der Waals surface area contributed by atoms with Gasteiger partial charge in [-0.3, -0.25) is 0 Å². The lowest BCUT2D eigenvalue weighted by molar-refractivity contribution is 0.0509. The molecular weight excluding hydrogens is 229 g/mol. The maximum Gasteiger partial charge on any atom is 0.128 e. The molecule has 0 heterocycles. The van der Waals surface area contributed by atoms with Crippen molar-refractivity contribution >= 4 is 5.69 Å². The molecule has 94 valence electrons. The number of benzene rings is 2. The molecule has 2 aromatic carbocycles. The molecule has 0 radical (unpaired) electrons. The Morgan fingerprint density at radius 1 is 1.17 bits per heavy atom. The molecule has 0 aliphatic heterocycles. The van der Waals surface area contributed by atoms with E-state index in [2.05, 4.69) is 0 Å². The quantitative estimate of drug-likeness (QED) is 0.834. The van der Waals surface area contributed by atoms with E-state index < -0.39 is 0 Å². The third kappa shape index (κ3) is 3.08. The minimum atomic E-state index is -0.239. The van der Waals surface area contributed by atoms with Gasteiger partial charge in [0.25, 0.3) is 0 Å². The van der Waals surface area contributed by atoms with Gasteiger partial charge in [0, 0.05) is 11.3 Å². The summed E-state index contributed by atoms with van der Waals surface area (Å²) in [6.07, 6.45) is -0.117. The van der Waals surface area contributed by atoms with Crippen LogP contribution in [0.15, 0.2) is 48.5 Å². The van der Waals surface area contributed by atoms with Gasteiger partial charge in [0.05, 0.1) is 12.7 Å². The molecule has 0 spiro atoms. The summed E-state index contributed by atoms with van der Waals surface area (Å²) in [5.74, 6) is -0.239. The van der Waals surface area contributed by atoms with Crippen molar-refractivity contribution in [2.75, 3.05) is 5.73 Å². The first-order valence-electron chi connectivity index (χ1n) is 5.87. The SMILES string of the molecule is CC(OCc1ccccc1F)c1cccc(N)c1. The van der Waals surface area contributed by atoms with Crippen molar-refractivity contribution in [2.45, 2.75) is 19.6 Å². The van der Waals surface area contributed by atoms with Gasteiger partial charge in [0.15, 0.2) is 0 Å². The molecule has 0 aromatic heterocycles. The second kappa shape index (κ2) is 5.65. The summed E-state index contributed by atoms with van der Waals surface area (Å²) in [5.41, 5.74) is 7.97. The van der Waals surface area contributed by atoms with E-state index >= 15 is 0 Å². The van der Waals surface area contributed by atoms with Crippen molar-refractivity contribution in [1.29, 1.82) is 0 Å². The highest BCUT2D eigenvalue weighted by atomic mass is 19.1. The molecule has 1 unspecified atom stereocenters. The normalized spacial score (nSPS) is 12.3. The topological polar surface area (TPSA) is 35.2 Å². The van der Waals surface area contributed by atoms with Crippen LogP contribution in [0.5, 0.6) is 0 Å². The number of hydrogen-bond donors (Lipinski definition) is 1. The molecule has 2 rings (SSSR count). The third-order valence-corrected chi connectivity index (χ3v) is 2.83. The Hall–Kier alpha value is -1.87. The Kier molecular flexibility index (Phi) is 3.95. The van der Waals surface area contributed by atoms with Crippen LogP contribution in [0.3, 0.4) is 0 Å². The maximum absolute atomic E-state index is 13.4. The molecule has 0 aliphatic rings. The van der Waals surface area contributed by atoms with Crippen LogP contribution in [-0.4, -0.2) is 0 Å². The fourth-order valence-corrected chi connectivity index (χ4v) is 1.74. The average Bonchev–Trinajstić information content (AvgIpc) is 2.37. The minimum absolute atomic E-state index is 0.117. The Morgan fingerprint density at radius 2 is 1.94 bits per heavy atom. The number of nitrogens with two attached hydrogens (primary N) is 1. The molecule has 3 heteroatoms. The summed E-state index contributed by atoms with van der Waals surface area (Å²) >= 11 is 0. The first-order chi connectivity index (χ1) is 8.66. The van der Waals surface area contributed by atoms with Crippen molar-refractivity contribution in [2.24, 2.45) is 0 Å². The number of halogens is 1. The van der Waals surface area contributed by atoms with Gasteiger partial charge in [-0.15, -0.1) is 0 Å². The van der Waals surface area contributed by atoms with Crippen LogP contribution in [0.4, 0.5) is 10.1 Å². The van der Waals surface area contributed by atoms with Gasteiger partial charge < -0.3 is 10.5 Å². The van der Waals surface area contributed by atoms with Crippen molar-refractivity contribution in [3.8, 4) is 0 Å². The van der Waals surface area contributed by atoms with Gasteiger partial charge in [-0.25, -0.2) is 4.39 Å². The zero-order chi connectivity index (χ0) is 13.0. The molecule has 0 amide bonds. The number of hydrogen-bond acceptors (Lipinski definition) is 2. The molecule has 1 atom stereocenters. The average molecular weight is 245 g/mol. The Labute approximate surface area is 106 Å². The Bertz CT molecular complexity index is 527. The van der Waals surface area contributed by atoms with Crippen LogP contribution in [0.25, 0.3) is 0 Å². The van der Waals surface area contributed by atoms with Crippen LogP contribution >= 0.6 is 0 Å². The number of rotatable bonds is 4. The van der Waals surface area contributed by atoms with Gasteiger partial charge in [-0.05, 0) is 30.7 Å². The third-order valence-electron chi connectivity index (χ3n) is 2.83. The van der Waals surface area contributed by atoms with Gasteiger partial charge in [-0.2, -0.15) is 0 Å². The summed E-state index contributed by atoms with van der Waals surface area (Å²) in [6.45, 7) is 2.18. The summed E-state index contributed by atoms with van der Waals surface area (Å²) < 4.78 is 19.1. The smallest absolute Gasteiger partial charge is 0.128 e. The second-order valence-electron chi connectivity index (χ2n) is 4.21. The second-order valence-corrected chi connectivity index (χ2v) is 4.21. The van der Waals surface area contributed by atoms with Crippen LogP contribution in [0, 0.1) is 5.82 Å². The fraction of sp³-hybridized carbons (Fsp3) is 0.200. The van der Waals surface area contributed by atoms with Crippen molar-refractivity contribution in [3.63, 3.8) is 0 Å². The van der Waals surface area contributed by atoms with Crippen molar-refractivity contribution in [3.05, 3.63) is 65.5 Å². The van der Waals surface area contributed by atoms with Gasteiger partial charge in [0.1, 0.15) is 5.82 Å². The van der Waals surface area contributed by atoms with Crippen LogP contribution in [0.2, 0.25) is 0 Å². The van der Waals surface area contributed by atoms with E-state index in [9.17, 15) is 4.39 Å². The summed E-state index contributed by atoms with van der Waals surface area (Å²) in [6, 6.07) is 14.1. The van der Waals surface area contributed by atoms with Gasteiger partial charge in [-0.1, -0.05) is 30.3 Å². The standard InChI is InChI=1S/C15H16FNO/c1-11(12-6-4-7-14(17)9-12)18-10-13-5-2-3-8-15(13)16/h2-9,11H,10,17H2,1H3. The lowest BCUT2D eigenvalue weighted by Crippen LogP contribution is -2.02. The predicted molar refractivity (Wildman–Crippen MR) is 70.5 cm³/mol. The van der Waals surface area contributed by atoms with E-state index in [4.69, 9.17) is 10.5 Å². The molecule has 0 fully saturated rings. The molecule has 0 saturated heterocycles. The predicted octanol–water partition coefficient (Wildman–Crippen LogP) is 3.69. The Balaban J connectivity index is 2.00. The summed E-state index contributed by atoms with van der Waals surface area (Å²) in [7, 11) is 0. The first kappa shape index (κ1) is 12.6. The largest absolute Gasteiger partial charge is 0.399 e. The maximum atomic E-state index is 13.4. The summed E-state index contributed by atoms with van der Waals surface area (Å²) in [5, 5.41) is 0. The lowest BCUT2D eigenvalue weighted by atomic mass is 10.1. The van der Waals surface area contributed by atoms with E-state index in [1.807, 2.05) is 31.2 Å². The zero-order valence-electron chi connectivity index (χ0n) is 10.3. The highest BCUT2D eigenvalue weighted by molar-refractivity contribution is 5.41. The van der Waals surface area contributed by atoms with E-state index in [0.29, 0.717) is 11.3 Å². The highest BCUT2D eigenvalue weighted by Crippen LogP contribution is 2.21. The number of nitrogen functional groups attached to an aromatic ring is 1. The lowest BCUT2D eigenvalue weighted by Gasteiger charge is -2.14. The minimum Gasteiger partial charge on any atom is -0.399 e. The van der Waals surface area contributed by atoms with Crippen molar-refractivity contribution in [1.82, 2.24) is 0 Å². The van der Waals surface area contributed by atoms with E-state index in [1.54, 1.807) is 18.2 Å². The molecule has 18 heavy (non-hydrogen) atoms. The monoisotopic (exact) mass is 245 g/mol. The summed E-state index contributed by atoms with van der Waals surface area (Å²) in [4.78, 5) is 0. The van der Waals surface area contributed by atoms with E-state index in [-0.39, 0.29) is 18.5 Å². The van der Waals surface area contributed by atoms with Crippen LogP contribution < -0.4 is 5.73 Å². The van der Waals surface area contributed by atoms with Gasteiger partial charge >= 0.3 is 0 Å². The van der Waals surface area contributed by atoms with Crippen LogP contribution in [0.1, 0.15) is 24.2 Å². The molecule has 2 nitrogen and oxygen atoms in total. The van der Waals surface area contributed by atoms with Gasteiger partial charge in [0.2, 0.25) is 0 Å². The number of anilines is 1. The molecule has 2 N–H and O–H groups in total. The molecule has 0 saturated carbocycles.